The molecule has 0 spiro atoms. The van der Waals surface area contributed by atoms with Crippen molar-refractivity contribution in [2.75, 3.05) is 26.0 Å². The molecule has 0 amide bonds. The SMILES string of the molecule is CN=C(NCc1csc(N(C)C)n1)NC1CC(C)CC(C)C1. The summed E-state index contributed by atoms with van der Waals surface area (Å²) in [5.74, 6) is 2.46. The number of aliphatic imine (C=N–C) groups is 1. The van der Waals surface area contributed by atoms with Crippen LogP contribution in [0.4, 0.5) is 5.13 Å². The molecule has 5 nitrogen and oxygen atoms in total. The molecule has 2 unspecified atom stereocenters. The van der Waals surface area contributed by atoms with Gasteiger partial charge in [-0.15, -0.1) is 11.3 Å². The highest BCUT2D eigenvalue weighted by Gasteiger charge is 2.24. The largest absolute Gasteiger partial charge is 0.354 e. The number of anilines is 1. The third kappa shape index (κ3) is 4.87. The molecule has 0 aromatic carbocycles. The van der Waals surface area contributed by atoms with E-state index < -0.39 is 0 Å². The number of nitrogens with zero attached hydrogens (tertiary/aromatic N) is 3. The molecule has 0 bridgehead atoms. The summed E-state index contributed by atoms with van der Waals surface area (Å²) in [5, 5.41) is 10.1. The highest BCUT2D eigenvalue weighted by Crippen LogP contribution is 2.28. The lowest BCUT2D eigenvalue weighted by atomic mass is 9.80. The lowest BCUT2D eigenvalue weighted by molar-refractivity contribution is 0.255. The molecule has 2 rings (SSSR count). The van der Waals surface area contributed by atoms with Gasteiger partial charge in [0.2, 0.25) is 0 Å². The highest BCUT2D eigenvalue weighted by atomic mass is 32.1. The van der Waals surface area contributed by atoms with Gasteiger partial charge in [-0.2, -0.15) is 0 Å². The van der Waals surface area contributed by atoms with E-state index in [1.54, 1.807) is 11.3 Å². The molecule has 0 saturated heterocycles. The quantitative estimate of drug-likeness (QED) is 0.661. The van der Waals surface area contributed by atoms with Gasteiger partial charge in [0.25, 0.3) is 0 Å². The normalized spacial score (nSPS) is 25.9. The Hall–Kier alpha value is -1.30. The van der Waals surface area contributed by atoms with E-state index in [2.05, 4.69) is 39.8 Å². The van der Waals surface area contributed by atoms with Crippen LogP contribution in [0.5, 0.6) is 0 Å². The zero-order chi connectivity index (χ0) is 16.1. The first-order valence-electron chi connectivity index (χ1n) is 8.06. The monoisotopic (exact) mass is 323 g/mol. The van der Waals surface area contributed by atoms with Crippen molar-refractivity contribution in [3.8, 4) is 0 Å². The van der Waals surface area contributed by atoms with Crippen molar-refractivity contribution in [3.05, 3.63) is 11.1 Å². The van der Waals surface area contributed by atoms with Crippen molar-refractivity contribution < 1.29 is 0 Å². The number of thiazole rings is 1. The van der Waals surface area contributed by atoms with E-state index in [0.29, 0.717) is 12.6 Å². The van der Waals surface area contributed by atoms with Crippen molar-refractivity contribution >= 4 is 22.4 Å². The lowest BCUT2D eigenvalue weighted by Crippen LogP contribution is -2.46. The molecular formula is C16H29N5S. The molecule has 22 heavy (non-hydrogen) atoms. The van der Waals surface area contributed by atoms with Crippen LogP contribution in [0.2, 0.25) is 0 Å². The topological polar surface area (TPSA) is 52.6 Å². The van der Waals surface area contributed by atoms with E-state index in [9.17, 15) is 0 Å². The van der Waals surface area contributed by atoms with Crippen LogP contribution in [0.1, 0.15) is 38.8 Å². The average molecular weight is 324 g/mol. The molecule has 0 aliphatic heterocycles. The van der Waals surface area contributed by atoms with Crippen LogP contribution in [0.25, 0.3) is 0 Å². The Morgan fingerprint density at radius 1 is 1.32 bits per heavy atom. The van der Waals surface area contributed by atoms with Crippen molar-refractivity contribution in [2.45, 2.75) is 45.7 Å². The van der Waals surface area contributed by atoms with Gasteiger partial charge >= 0.3 is 0 Å². The molecule has 1 saturated carbocycles. The van der Waals surface area contributed by atoms with Gasteiger partial charge in [0, 0.05) is 32.6 Å². The molecule has 1 aromatic rings. The zero-order valence-corrected chi connectivity index (χ0v) is 15.2. The summed E-state index contributed by atoms with van der Waals surface area (Å²) in [6, 6.07) is 0.526. The number of nitrogens with one attached hydrogen (secondary N) is 2. The molecule has 2 N–H and O–H groups in total. The number of rotatable bonds is 4. The van der Waals surface area contributed by atoms with Crippen LogP contribution in [-0.2, 0) is 6.54 Å². The summed E-state index contributed by atoms with van der Waals surface area (Å²) in [4.78, 5) is 11.0. The average Bonchev–Trinajstić information content (AvgIpc) is 2.91. The Labute approximate surface area is 138 Å². The fourth-order valence-corrected chi connectivity index (χ4v) is 3.97. The van der Waals surface area contributed by atoms with Crippen LogP contribution in [0.15, 0.2) is 10.4 Å². The third-order valence-corrected chi connectivity index (χ3v) is 5.16. The van der Waals surface area contributed by atoms with E-state index in [0.717, 1.165) is 28.6 Å². The van der Waals surface area contributed by atoms with Crippen molar-refractivity contribution in [1.29, 1.82) is 0 Å². The van der Waals surface area contributed by atoms with Gasteiger partial charge in [-0.3, -0.25) is 4.99 Å². The minimum Gasteiger partial charge on any atom is -0.354 e. The number of aromatic nitrogens is 1. The van der Waals surface area contributed by atoms with Crippen LogP contribution < -0.4 is 15.5 Å². The van der Waals surface area contributed by atoms with E-state index in [1.807, 2.05) is 26.0 Å². The maximum absolute atomic E-state index is 4.59. The van der Waals surface area contributed by atoms with Crippen LogP contribution in [-0.4, -0.2) is 38.1 Å². The van der Waals surface area contributed by atoms with E-state index in [1.165, 1.54) is 19.3 Å². The fraction of sp³-hybridized carbons (Fsp3) is 0.750. The maximum atomic E-state index is 4.59. The van der Waals surface area contributed by atoms with Crippen molar-refractivity contribution in [3.63, 3.8) is 0 Å². The second-order valence-corrected chi connectivity index (χ2v) is 7.54. The minimum absolute atomic E-state index is 0.526. The molecular weight excluding hydrogens is 294 g/mol. The van der Waals surface area contributed by atoms with E-state index in [4.69, 9.17) is 0 Å². The Morgan fingerprint density at radius 3 is 2.55 bits per heavy atom. The Bertz CT molecular complexity index is 486. The third-order valence-electron chi connectivity index (χ3n) is 4.10. The van der Waals surface area contributed by atoms with Gasteiger partial charge < -0.3 is 15.5 Å². The van der Waals surface area contributed by atoms with E-state index in [-0.39, 0.29) is 0 Å². The summed E-state index contributed by atoms with van der Waals surface area (Å²) in [5.41, 5.74) is 1.06. The van der Waals surface area contributed by atoms with Gasteiger partial charge in [-0.25, -0.2) is 4.98 Å². The first kappa shape index (κ1) is 17.1. The molecule has 2 atom stereocenters. The fourth-order valence-electron chi connectivity index (χ4n) is 3.21. The molecule has 124 valence electrons. The Morgan fingerprint density at radius 2 is 2.00 bits per heavy atom. The maximum Gasteiger partial charge on any atom is 0.191 e. The molecule has 0 radical (unpaired) electrons. The van der Waals surface area contributed by atoms with Gasteiger partial charge in [-0.1, -0.05) is 13.8 Å². The smallest absolute Gasteiger partial charge is 0.191 e. The molecule has 1 heterocycles. The van der Waals surface area contributed by atoms with Crippen LogP contribution in [0.3, 0.4) is 0 Å². The molecule has 1 aliphatic carbocycles. The number of hydrogen-bond donors (Lipinski definition) is 2. The predicted molar refractivity (Wildman–Crippen MR) is 95.7 cm³/mol. The molecule has 1 fully saturated rings. The summed E-state index contributed by atoms with van der Waals surface area (Å²) in [6.45, 7) is 5.40. The standard InChI is InChI=1S/C16H29N5S/c1-11-6-12(2)8-13(7-11)19-15(17-3)18-9-14-10-22-16(20-14)21(4)5/h10-13H,6-9H2,1-5H3,(H2,17,18,19). The summed E-state index contributed by atoms with van der Waals surface area (Å²) >= 11 is 1.67. The first-order valence-corrected chi connectivity index (χ1v) is 8.94. The summed E-state index contributed by atoms with van der Waals surface area (Å²) in [6.07, 6.45) is 3.80. The first-order chi connectivity index (χ1) is 10.5. The van der Waals surface area contributed by atoms with Crippen LogP contribution >= 0.6 is 11.3 Å². The lowest BCUT2D eigenvalue weighted by Gasteiger charge is -2.32. The highest BCUT2D eigenvalue weighted by molar-refractivity contribution is 7.13. The summed E-state index contributed by atoms with van der Waals surface area (Å²) in [7, 11) is 5.86. The number of guanidine groups is 1. The molecule has 1 aromatic heterocycles. The van der Waals surface area contributed by atoms with Gasteiger partial charge in [0.15, 0.2) is 11.1 Å². The van der Waals surface area contributed by atoms with Crippen molar-refractivity contribution in [1.82, 2.24) is 15.6 Å². The summed E-state index contributed by atoms with van der Waals surface area (Å²) < 4.78 is 0. The minimum atomic E-state index is 0.526. The van der Waals surface area contributed by atoms with E-state index >= 15 is 0 Å². The molecule has 6 heteroatoms. The van der Waals surface area contributed by atoms with Crippen LogP contribution in [0, 0.1) is 11.8 Å². The predicted octanol–water partition coefficient (Wildman–Crippen LogP) is 2.70. The number of hydrogen-bond acceptors (Lipinski definition) is 4. The second kappa shape index (κ2) is 7.81. The van der Waals surface area contributed by atoms with Gasteiger partial charge in [0.1, 0.15) is 0 Å². The Kier molecular flexibility index (Phi) is 6.06. The van der Waals surface area contributed by atoms with Gasteiger partial charge in [-0.05, 0) is 31.1 Å². The molecule has 1 aliphatic rings. The van der Waals surface area contributed by atoms with Crippen molar-refractivity contribution in [2.24, 2.45) is 16.8 Å². The van der Waals surface area contributed by atoms with Gasteiger partial charge in [0.05, 0.1) is 12.2 Å². The zero-order valence-electron chi connectivity index (χ0n) is 14.4. The Balaban J connectivity index is 1.84. The second-order valence-electron chi connectivity index (χ2n) is 6.70.